The topological polar surface area (TPSA) is 78.2 Å². The number of rotatable bonds is 5. The molecule has 0 bridgehead atoms. The van der Waals surface area contributed by atoms with Crippen LogP contribution in [0.5, 0.6) is 0 Å². The van der Waals surface area contributed by atoms with E-state index in [1.165, 1.54) is 0 Å². The average molecular weight is 351 g/mol. The number of amides is 1. The molecule has 0 aliphatic heterocycles. The Balaban J connectivity index is 2.23. The minimum atomic E-state index is -1.35. The summed E-state index contributed by atoms with van der Waals surface area (Å²) in [6.07, 6.45) is 0.557. The van der Waals surface area contributed by atoms with Crippen LogP contribution in [0.2, 0.25) is 5.02 Å². The Hall–Kier alpha value is -1.53. The second-order valence-electron chi connectivity index (χ2n) is 5.21. The first-order chi connectivity index (χ1) is 10.9. The predicted molar refractivity (Wildman–Crippen MR) is 94.2 cm³/mol. The Morgan fingerprint density at radius 1 is 1.35 bits per heavy atom. The van der Waals surface area contributed by atoms with Crippen LogP contribution >= 0.6 is 11.6 Å². The second kappa shape index (κ2) is 7.84. The maximum atomic E-state index is 12.7. The van der Waals surface area contributed by atoms with Gasteiger partial charge in [0, 0.05) is 33.5 Å². The van der Waals surface area contributed by atoms with Gasteiger partial charge in [0.2, 0.25) is 5.91 Å². The zero-order valence-electron chi connectivity index (χ0n) is 13.0. The summed E-state index contributed by atoms with van der Waals surface area (Å²) < 4.78 is 12.7. The van der Waals surface area contributed by atoms with Gasteiger partial charge >= 0.3 is 0 Å². The summed E-state index contributed by atoms with van der Waals surface area (Å²) in [5, 5.41) is 3.35. The largest absolute Gasteiger partial charge is 0.606 e. The number of anilines is 1. The number of benzene rings is 2. The molecular weight excluding hydrogens is 332 g/mol. The van der Waals surface area contributed by atoms with Crippen LogP contribution in [-0.2, 0) is 16.0 Å². The van der Waals surface area contributed by atoms with E-state index in [4.69, 9.17) is 17.3 Å². The number of nitrogens with two attached hydrogens (primary N) is 1. The number of nitrogens with one attached hydrogen (secondary N) is 1. The van der Waals surface area contributed by atoms with Crippen molar-refractivity contribution < 1.29 is 9.35 Å². The van der Waals surface area contributed by atoms with Crippen LogP contribution in [0.3, 0.4) is 0 Å². The molecular formula is C17H19ClN2O2S. The van der Waals surface area contributed by atoms with Gasteiger partial charge in [-0.25, -0.2) is 0 Å². The fraction of sp³-hybridized carbons (Fsp3) is 0.235. The van der Waals surface area contributed by atoms with Crippen molar-refractivity contribution in [3.05, 3.63) is 53.1 Å². The molecule has 0 aliphatic carbocycles. The van der Waals surface area contributed by atoms with E-state index in [1.54, 1.807) is 42.5 Å². The molecule has 122 valence electrons. The Bertz CT molecular complexity index is 709. The van der Waals surface area contributed by atoms with Crippen LogP contribution in [0.25, 0.3) is 0 Å². The number of carbonyl (C=O) groups is 1. The quantitative estimate of drug-likeness (QED) is 0.810. The minimum Gasteiger partial charge on any atom is -0.606 e. The molecule has 1 amide bonds. The molecule has 0 heterocycles. The first-order valence-corrected chi connectivity index (χ1v) is 8.79. The minimum absolute atomic E-state index is 0.252. The standard InChI is InChI=1S/C17H19ClN2O2S/c1-3-15(19)17(21)20-13-5-4-6-14(10-13)23(22)16-8-7-12(18)9-11(16)2/h4-10,15H,3,19H2,1-2H3,(H,20,21). The molecule has 0 aromatic heterocycles. The van der Waals surface area contributed by atoms with E-state index in [0.29, 0.717) is 26.9 Å². The van der Waals surface area contributed by atoms with Crippen molar-refractivity contribution in [1.82, 2.24) is 0 Å². The van der Waals surface area contributed by atoms with E-state index in [9.17, 15) is 9.35 Å². The van der Waals surface area contributed by atoms with E-state index in [0.717, 1.165) is 5.56 Å². The summed E-state index contributed by atoms with van der Waals surface area (Å²) in [5.41, 5.74) is 7.14. The normalized spacial score (nSPS) is 13.4. The molecule has 3 N–H and O–H groups in total. The predicted octanol–water partition coefficient (Wildman–Crippen LogP) is 3.49. The molecule has 0 fully saturated rings. The van der Waals surface area contributed by atoms with Crippen molar-refractivity contribution in [3.8, 4) is 0 Å². The Morgan fingerprint density at radius 2 is 2.09 bits per heavy atom. The fourth-order valence-electron chi connectivity index (χ4n) is 2.06. The zero-order valence-corrected chi connectivity index (χ0v) is 14.6. The molecule has 2 atom stereocenters. The summed E-state index contributed by atoms with van der Waals surface area (Å²) in [4.78, 5) is 13.2. The third-order valence-electron chi connectivity index (χ3n) is 3.43. The van der Waals surface area contributed by atoms with Gasteiger partial charge in [-0.3, -0.25) is 4.79 Å². The van der Waals surface area contributed by atoms with Crippen LogP contribution in [0.4, 0.5) is 5.69 Å². The van der Waals surface area contributed by atoms with Gasteiger partial charge in [0.15, 0.2) is 9.79 Å². The maximum Gasteiger partial charge on any atom is 0.241 e. The zero-order chi connectivity index (χ0) is 17.0. The molecule has 0 aliphatic rings. The van der Waals surface area contributed by atoms with Gasteiger partial charge in [0.05, 0.1) is 6.04 Å². The van der Waals surface area contributed by atoms with Gasteiger partial charge in [-0.15, -0.1) is 0 Å². The third kappa shape index (κ3) is 4.48. The Morgan fingerprint density at radius 3 is 2.74 bits per heavy atom. The second-order valence-corrected chi connectivity index (χ2v) is 7.10. The summed E-state index contributed by atoms with van der Waals surface area (Å²) in [7, 11) is 0. The highest BCUT2D eigenvalue weighted by molar-refractivity contribution is 7.91. The Kier molecular flexibility index (Phi) is 6.07. The monoisotopic (exact) mass is 350 g/mol. The fourth-order valence-corrected chi connectivity index (χ4v) is 3.52. The summed E-state index contributed by atoms with van der Waals surface area (Å²) in [6, 6.07) is 11.7. The lowest BCUT2D eigenvalue weighted by Crippen LogP contribution is -2.34. The van der Waals surface area contributed by atoms with Crippen LogP contribution < -0.4 is 11.1 Å². The number of aryl methyl sites for hydroxylation is 1. The van der Waals surface area contributed by atoms with Crippen molar-refractivity contribution in [2.24, 2.45) is 5.73 Å². The van der Waals surface area contributed by atoms with Crippen LogP contribution in [0, 0.1) is 6.92 Å². The first-order valence-electron chi connectivity index (χ1n) is 7.26. The molecule has 2 aromatic rings. The third-order valence-corrected chi connectivity index (χ3v) is 5.20. The van der Waals surface area contributed by atoms with Gasteiger partial charge in [0.25, 0.3) is 0 Å². The lowest BCUT2D eigenvalue weighted by molar-refractivity contribution is -0.117. The maximum absolute atomic E-state index is 12.7. The van der Waals surface area contributed by atoms with Crippen molar-refractivity contribution >= 4 is 34.4 Å². The number of halogens is 1. The van der Waals surface area contributed by atoms with Crippen molar-refractivity contribution in [2.45, 2.75) is 36.1 Å². The first kappa shape index (κ1) is 17.8. The van der Waals surface area contributed by atoms with Gasteiger partial charge in [-0.2, -0.15) is 0 Å². The van der Waals surface area contributed by atoms with Crippen molar-refractivity contribution in [2.75, 3.05) is 5.32 Å². The lowest BCUT2D eigenvalue weighted by atomic mass is 10.2. The van der Waals surface area contributed by atoms with E-state index >= 15 is 0 Å². The smallest absolute Gasteiger partial charge is 0.241 e. The molecule has 0 saturated heterocycles. The summed E-state index contributed by atoms with van der Waals surface area (Å²) >= 11 is 4.59. The van der Waals surface area contributed by atoms with E-state index in [-0.39, 0.29) is 5.91 Å². The van der Waals surface area contributed by atoms with Crippen LogP contribution in [0.1, 0.15) is 18.9 Å². The SMILES string of the molecule is CCC(N)C(=O)Nc1cccc([S+]([O-])c2ccc(Cl)cc2C)c1. The molecule has 6 heteroatoms. The molecule has 0 spiro atoms. The van der Waals surface area contributed by atoms with Crippen LogP contribution in [-0.4, -0.2) is 16.5 Å². The van der Waals surface area contributed by atoms with Crippen LogP contribution in [0.15, 0.2) is 52.3 Å². The Labute approximate surface area is 144 Å². The highest BCUT2D eigenvalue weighted by Crippen LogP contribution is 2.27. The molecule has 23 heavy (non-hydrogen) atoms. The van der Waals surface area contributed by atoms with Gasteiger partial charge < -0.3 is 15.6 Å². The lowest BCUT2D eigenvalue weighted by Gasteiger charge is -2.14. The van der Waals surface area contributed by atoms with Gasteiger partial charge in [-0.1, -0.05) is 24.6 Å². The summed E-state index contributed by atoms with van der Waals surface area (Å²) in [6.45, 7) is 3.71. The highest BCUT2D eigenvalue weighted by atomic mass is 35.5. The average Bonchev–Trinajstić information content (AvgIpc) is 2.53. The molecule has 2 unspecified atom stereocenters. The van der Waals surface area contributed by atoms with Gasteiger partial charge in [-0.05, 0) is 43.7 Å². The summed E-state index contributed by atoms with van der Waals surface area (Å²) in [5.74, 6) is -0.252. The van der Waals surface area contributed by atoms with E-state index < -0.39 is 17.2 Å². The number of hydrogen-bond acceptors (Lipinski definition) is 3. The molecule has 0 radical (unpaired) electrons. The van der Waals surface area contributed by atoms with Crippen molar-refractivity contribution in [3.63, 3.8) is 0 Å². The van der Waals surface area contributed by atoms with E-state index in [2.05, 4.69) is 5.32 Å². The molecule has 4 nitrogen and oxygen atoms in total. The van der Waals surface area contributed by atoms with E-state index in [1.807, 2.05) is 13.8 Å². The van der Waals surface area contributed by atoms with Crippen molar-refractivity contribution in [1.29, 1.82) is 0 Å². The van der Waals surface area contributed by atoms with Gasteiger partial charge in [0.1, 0.15) is 0 Å². The number of carbonyl (C=O) groups excluding carboxylic acids is 1. The number of hydrogen-bond donors (Lipinski definition) is 2. The molecule has 2 aromatic carbocycles. The highest BCUT2D eigenvalue weighted by Gasteiger charge is 2.19. The molecule has 2 rings (SSSR count). The molecule has 0 saturated carbocycles.